The standard InChI is InChI=1S/C13H8F3N3O2/c14-13(15,16)6-9-5-11(12(20)21)19(18-9)10-3-1-2-8(4-10)7-17/h1-5H,6H2,(H,20,21). The summed E-state index contributed by atoms with van der Waals surface area (Å²) in [5.74, 6) is -1.40. The summed E-state index contributed by atoms with van der Waals surface area (Å²) in [6.07, 6.45) is -5.80. The summed E-state index contributed by atoms with van der Waals surface area (Å²) in [7, 11) is 0. The maximum absolute atomic E-state index is 12.4. The molecule has 1 aromatic carbocycles. The van der Waals surface area contributed by atoms with E-state index in [0.29, 0.717) is 0 Å². The molecule has 0 saturated heterocycles. The molecule has 0 bridgehead atoms. The highest BCUT2D eigenvalue weighted by Gasteiger charge is 2.30. The predicted molar refractivity (Wildman–Crippen MR) is 65.0 cm³/mol. The number of carbonyl (C=O) groups is 1. The Kier molecular flexibility index (Phi) is 3.67. The second-order valence-corrected chi connectivity index (χ2v) is 4.19. The summed E-state index contributed by atoms with van der Waals surface area (Å²) in [4.78, 5) is 11.1. The van der Waals surface area contributed by atoms with E-state index in [4.69, 9.17) is 10.4 Å². The third-order valence-corrected chi connectivity index (χ3v) is 2.58. The normalized spacial score (nSPS) is 11.1. The number of carboxylic acids is 1. The first-order valence-electron chi connectivity index (χ1n) is 5.69. The number of hydrogen-bond acceptors (Lipinski definition) is 3. The molecule has 1 N–H and O–H groups in total. The molecule has 2 rings (SSSR count). The lowest BCUT2D eigenvalue weighted by atomic mass is 10.2. The Balaban J connectivity index is 2.51. The van der Waals surface area contributed by atoms with Crippen LogP contribution in [0.5, 0.6) is 0 Å². The van der Waals surface area contributed by atoms with Crippen molar-refractivity contribution in [2.45, 2.75) is 12.6 Å². The van der Waals surface area contributed by atoms with Crippen LogP contribution in [0.3, 0.4) is 0 Å². The molecule has 108 valence electrons. The number of carboxylic acid groups (broad SMARTS) is 1. The van der Waals surface area contributed by atoms with Crippen LogP contribution >= 0.6 is 0 Å². The van der Waals surface area contributed by atoms with Crippen LogP contribution in [-0.4, -0.2) is 27.0 Å². The number of nitriles is 1. The van der Waals surface area contributed by atoms with Gasteiger partial charge in [0, 0.05) is 0 Å². The Bertz CT molecular complexity index is 729. The molecule has 21 heavy (non-hydrogen) atoms. The highest BCUT2D eigenvalue weighted by atomic mass is 19.4. The Labute approximate surface area is 116 Å². The van der Waals surface area contributed by atoms with Gasteiger partial charge < -0.3 is 5.11 Å². The molecule has 0 aliphatic carbocycles. The number of rotatable bonds is 3. The van der Waals surface area contributed by atoms with E-state index in [0.717, 1.165) is 10.7 Å². The van der Waals surface area contributed by atoms with Gasteiger partial charge >= 0.3 is 12.1 Å². The largest absolute Gasteiger partial charge is 0.477 e. The Morgan fingerprint density at radius 1 is 1.38 bits per heavy atom. The topological polar surface area (TPSA) is 78.9 Å². The van der Waals surface area contributed by atoms with Crippen LogP contribution in [0.2, 0.25) is 0 Å². The van der Waals surface area contributed by atoms with Crippen molar-refractivity contribution < 1.29 is 23.1 Å². The van der Waals surface area contributed by atoms with E-state index in [1.807, 2.05) is 6.07 Å². The zero-order chi connectivity index (χ0) is 15.6. The van der Waals surface area contributed by atoms with Crippen LogP contribution < -0.4 is 0 Å². The van der Waals surface area contributed by atoms with Crippen molar-refractivity contribution in [2.75, 3.05) is 0 Å². The van der Waals surface area contributed by atoms with Gasteiger partial charge in [0.05, 0.1) is 29.4 Å². The summed E-state index contributed by atoms with van der Waals surface area (Å²) >= 11 is 0. The third-order valence-electron chi connectivity index (χ3n) is 2.58. The molecule has 2 aromatic rings. The predicted octanol–water partition coefficient (Wildman–Crippen LogP) is 2.55. The number of nitrogens with zero attached hydrogens (tertiary/aromatic N) is 3. The average Bonchev–Trinajstić information content (AvgIpc) is 2.80. The highest BCUT2D eigenvalue weighted by Crippen LogP contribution is 2.22. The van der Waals surface area contributed by atoms with Crippen molar-refractivity contribution in [1.29, 1.82) is 5.26 Å². The molecule has 1 heterocycles. The first kappa shape index (κ1) is 14.6. The molecule has 0 unspecified atom stereocenters. The number of aromatic carboxylic acids is 1. The van der Waals surface area contributed by atoms with Gasteiger partial charge in [-0.25, -0.2) is 9.48 Å². The summed E-state index contributed by atoms with van der Waals surface area (Å²) in [6.45, 7) is 0. The zero-order valence-electron chi connectivity index (χ0n) is 10.4. The van der Waals surface area contributed by atoms with Crippen molar-refractivity contribution in [2.24, 2.45) is 0 Å². The summed E-state index contributed by atoms with van der Waals surface area (Å²) in [5.41, 5.74) is -0.344. The van der Waals surface area contributed by atoms with Crippen LogP contribution in [0.25, 0.3) is 5.69 Å². The number of alkyl halides is 3. The molecule has 5 nitrogen and oxygen atoms in total. The number of halogens is 3. The van der Waals surface area contributed by atoms with Crippen molar-refractivity contribution in [3.05, 3.63) is 47.3 Å². The second-order valence-electron chi connectivity index (χ2n) is 4.19. The van der Waals surface area contributed by atoms with Crippen LogP contribution in [0.1, 0.15) is 21.7 Å². The third kappa shape index (κ3) is 3.39. The molecule has 1 aromatic heterocycles. The van der Waals surface area contributed by atoms with Gasteiger partial charge in [-0.15, -0.1) is 0 Å². The van der Waals surface area contributed by atoms with Crippen LogP contribution in [0.15, 0.2) is 30.3 Å². The van der Waals surface area contributed by atoms with Gasteiger partial charge in [-0.1, -0.05) is 6.07 Å². The molecular formula is C13H8F3N3O2. The number of hydrogen-bond donors (Lipinski definition) is 1. The fourth-order valence-corrected chi connectivity index (χ4v) is 1.78. The van der Waals surface area contributed by atoms with E-state index in [1.165, 1.54) is 24.3 Å². The maximum Gasteiger partial charge on any atom is 0.394 e. The fraction of sp³-hybridized carbons (Fsp3) is 0.154. The lowest BCUT2D eigenvalue weighted by molar-refractivity contribution is -0.127. The molecule has 0 saturated carbocycles. The minimum absolute atomic E-state index is 0.208. The van der Waals surface area contributed by atoms with Gasteiger partial charge in [0.2, 0.25) is 0 Å². The van der Waals surface area contributed by atoms with Crippen LogP contribution in [-0.2, 0) is 6.42 Å². The quantitative estimate of drug-likeness (QED) is 0.943. The summed E-state index contributed by atoms with van der Waals surface area (Å²) in [5, 5.41) is 21.5. The van der Waals surface area contributed by atoms with E-state index in [-0.39, 0.29) is 11.3 Å². The number of benzene rings is 1. The molecular weight excluding hydrogens is 287 g/mol. The lowest BCUT2D eigenvalue weighted by Gasteiger charge is -2.05. The average molecular weight is 295 g/mol. The second kappa shape index (κ2) is 5.28. The van der Waals surface area contributed by atoms with E-state index < -0.39 is 30.0 Å². The molecule has 0 aliphatic heterocycles. The number of aromatic nitrogens is 2. The van der Waals surface area contributed by atoms with Crippen LogP contribution in [0.4, 0.5) is 13.2 Å². The summed E-state index contributed by atoms with van der Waals surface area (Å²) in [6, 6.07) is 8.51. The molecule has 0 atom stereocenters. The minimum Gasteiger partial charge on any atom is -0.477 e. The van der Waals surface area contributed by atoms with Crippen molar-refractivity contribution in [3.8, 4) is 11.8 Å². The Morgan fingerprint density at radius 3 is 2.67 bits per heavy atom. The van der Waals surface area contributed by atoms with Crippen molar-refractivity contribution in [3.63, 3.8) is 0 Å². The van der Waals surface area contributed by atoms with Crippen molar-refractivity contribution >= 4 is 5.97 Å². The SMILES string of the molecule is N#Cc1cccc(-n2nc(CC(F)(F)F)cc2C(=O)O)c1. The van der Waals surface area contributed by atoms with E-state index >= 15 is 0 Å². The van der Waals surface area contributed by atoms with Gasteiger partial charge in [0.15, 0.2) is 5.69 Å². The summed E-state index contributed by atoms with van der Waals surface area (Å²) < 4.78 is 38.0. The molecule has 0 radical (unpaired) electrons. The first-order chi connectivity index (χ1) is 9.80. The first-order valence-corrected chi connectivity index (χ1v) is 5.69. The molecule has 0 spiro atoms. The van der Waals surface area contributed by atoms with Crippen LogP contribution in [0, 0.1) is 11.3 Å². The Morgan fingerprint density at radius 2 is 2.10 bits per heavy atom. The molecule has 0 aliphatic rings. The van der Waals surface area contributed by atoms with Crippen molar-refractivity contribution in [1.82, 2.24) is 9.78 Å². The van der Waals surface area contributed by atoms with Gasteiger partial charge in [0.25, 0.3) is 0 Å². The maximum atomic E-state index is 12.4. The molecule has 0 fully saturated rings. The van der Waals surface area contributed by atoms with Gasteiger partial charge in [-0.3, -0.25) is 0 Å². The van der Waals surface area contributed by atoms with E-state index in [2.05, 4.69) is 5.10 Å². The minimum atomic E-state index is -4.48. The molecule has 0 amide bonds. The lowest BCUT2D eigenvalue weighted by Crippen LogP contribution is -2.12. The van der Waals surface area contributed by atoms with Gasteiger partial charge in [0.1, 0.15) is 0 Å². The monoisotopic (exact) mass is 295 g/mol. The van der Waals surface area contributed by atoms with E-state index in [9.17, 15) is 18.0 Å². The van der Waals surface area contributed by atoms with Gasteiger partial charge in [-0.2, -0.15) is 23.5 Å². The zero-order valence-corrected chi connectivity index (χ0v) is 10.4. The smallest absolute Gasteiger partial charge is 0.394 e. The van der Waals surface area contributed by atoms with E-state index in [1.54, 1.807) is 0 Å². The van der Waals surface area contributed by atoms with Gasteiger partial charge in [-0.05, 0) is 24.3 Å². The highest BCUT2D eigenvalue weighted by molar-refractivity contribution is 5.86. The Hall–Kier alpha value is -2.82. The molecule has 8 heteroatoms. The fourth-order valence-electron chi connectivity index (χ4n) is 1.78.